The molecule has 2 aromatic rings. The van der Waals surface area contributed by atoms with Gasteiger partial charge in [-0.1, -0.05) is 23.4 Å². The summed E-state index contributed by atoms with van der Waals surface area (Å²) in [4.78, 5) is 11.7. The van der Waals surface area contributed by atoms with Crippen LogP contribution in [0.5, 0.6) is 0 Å². The molecule has 0 spiro atoms. The van der Waals surface area contributed by atoms with Crippen molar-refractivity contribution < 1.29 is 9.53 Å². The smallest absolute Gasteiger partial charge is 0.338 e. The number of hydrogen-bond donors (Lipinski definition) is 1. The standard InChI is InChI=1S/C18H16ClNO2/c1-20-12-13-22-18(21)16-8-4-14(5-9-16)2-3-15-6-10-17(19)11-7-15/h4-11,20H,12-13H2,1H3. The van der Waals surface area contributed by atoms with Gasteiger partial charge in [-0.05, 0) is 55.6 Å². The Morgan fingerprint density at radius 1 is 1.05 bits per heavy atom. The highest BCUT2D eigenvalue weighted by Gasteiger charge is 2.05. The second-order valence-electron chi connectivity index (χ2n) is 4.57. The van der Waals surface area contributed by atoms with E-state index in [4.69, 9.17) is 16.3 Å². The Balaban J connectivity index is 2.00. The van der Waals surface area contributed by atoms with Gasteiger partial charge in [0.2, 0.25) is 0 Å². The maximum atomic E-state index is 11.7. The molecule has 0 unspecified atom stereocenters. The summed E-state index contributed by atoms with van der Waals surface area (Å²) < 4.78 is 5.10. The van der Waals surface area contributed by atoms with Crippen LogP contribution in [0.15, 0.2) is 48.5 Å². The van der Waals surface area contributed by atoms with E-state index in [1.807, 2.05) is 19.2 Å². The monoisotopic (exact) mass is 313 g/mol. The minimum absolute atomic E-state index is 0.326. The van der Waals surface area contributed by atoms with Crippen molar-refractivity contribution in [2.24, 2.45) is 0 Å². The molecule has 0 heterocycles. The molecular weight excluding hydrogens is 298 g/mol. The average Bonchev–Trinajstić information content (AvgIpc) is 2.55. The lowest BCUT2D eigenvalue weighted by Gasteiger charge is -2.04. The Morgan fingerprint density at radius 3 is 2.14 bits per heavy atom. The van der Waals surface area contributed by atoms with Gasteiger partial charge in [0, 0.05) is 22.7 Å². The molecule has 1 N–H and O–H groups in total. The molecule has 0 saturated carbocycles. The molecule has 4 heteroatoms. The largest absolute Gasteiger partial charge is 0.461 e. The van der Waals surface area contributed by atoms with Crippen LogP contribution in [0.2, 0.25) is 5.02 Å². The number of nitrogens with one attached hydrogen (secondary N) is 1. The summed E-state index contributed by atoms with van der Waals surface area (Å²) in [6.07, 6.45) is 0. The molecule has 112 valence electrons. The number of carbonyl (C=O) groups is 1. The molecule has 0 aliphatic carbocycles. The van der Waals surface area contributed by atoms with Gasteiger partial charge < -0.3 is 10.1 Å². The first-order chi connectivity index (χ1) is 10.7. The first-order valence-electron chi connectivity index (χ1n) is 6.88. The van der Waals surface area contributed by atoms with Crippen LogP contribution in [0.1, 0.15) is 21.5 Å². The zero-order chi connectivity index (χ0) is 15.8. The summed E-state index contributed by atoms with van der Waals surface area (Å²) in [5, 5.41) is 3.60. The predicted octanol–water partition coefficient (Wildman–Crippen LogP) is 3.12. The molecule has 22 heavy (non-hydrogen) atoms. The molecule has 0 aromatic heterocycles. The highest BCUT2D eigenvalue weighted by Crippen LogP contribution is 2.09. The second kappa shape index (κ2) is 8.23. The fraction of sp³-hybridized carbons (Fsp3) is 0.167. The zero-order valence-electron chi connectivity index (χ0n) is 12.2. The normalized spacial score (nSPS) is 9.73. The number of ether oxygens (including phenoxy) is 1. The highest BCUT2D eigenvalue weighted by atomic mass is 35.5. The fourth-order valence-electron chi connectivity index (χ4n) is 1.70. The van der Waals surface area contributed by atoms with Gasteiger partial charge in [0.1, 0.15) is 6.61 Å². The summed E-state index contributed by atoms with van der Waals surface area (Å²) >= 11 is 5.83. The van der Waals surface area contributed by atoms with Crippen molar-refractivity contribution in [3.8, 4) is 11.8 Å². The van der Waals surface area contributed by atoms with Gasteiger partial charge in [-0.3, -0.25) is 0 Å². The second-order valence-corrected chi connectivity index (χ2v) is 5.01. The maximum Gasteiger partial charge on any atom is 0.338 e. The number of esters is 1. The summed E-state index contributed by atoms with van der Waals surface area (Å²) in [5.74, 6) is 5.76. The molecule has 3 nitrogen and oxygen atoms in total. The van der Waals surface area contributed by atoms with Crippen molar-refractivity contribution in [1.29, 1.82) is 0 Å². The number of likely N-dealkylation sites (N-methyl/N-ethyl adjacent to an activating group) is 1. The van der Waals surface area contributed by atoms with Gasteiger partial charge in [0.05, 0.1) is 5.56 Å². The molecule has 0 aliphatic heterocycles. The molecule has 2 aromatic carbocycles. The van der Waals surface area contributed by atoms with Crippen LogP contribution in [0.4, 0.5) is 0 Å². The summed E-state index contributed by atoms with van der Waals surface area (Å²) in [6.45, 7) is 0.990. The van der Waals surface area contributed by atoms with Crippen molar-refractivity contribution in [2.45, 2.75) is 0 Å². The van der Waals surface area contributed by atoms with Crippen LogP contribution >= 0.6 is 11.6 Å². The summed E-state index contributed by atoms with van der Waals surface area (Å²) in [5.41, 5.74) is 2.25. The van der Waals surface area contributed by atoms with Gasteiger partial charge in [0.25, 0.3) is 0 Å². The van der Waals surface area contributed by atoms with Crippen LogP contribution < -0.4 is 5.32 Å². The molecule has 0 aliphatic rings. The van der Waals surface area contributed by atoms with Crippen molar-refractivity contribution in [3.63, 3.8) is 0 Å². The van der Waals surface area contributed by atoms with E-state index in [0.717, 1.165) is 11.1 Å². The Labute approximate surface area is 135 Å². The lowest BCUT2D eigenvalue weighted by atomic mass is 10.1. The van der Waals surface area contributed by atoms with Crippen LogP contribution in [0.25, 0.3) is 0 Å². The van der Waals surface area contributed by atoms with E-state index in [0.29, 0.717) is 23.7 Å². The third kappa shape index (κ3) is 4.92. The van der Waals surface area contributed by atoms with Crippen molar-refractivity contribution in [1.82, 2.24) is 5.32 Å². The fourth-order valence-corrected chi connectivity index (χ4v) is 1.82. The maximum absolute atomic E-state index is 11.7. The quantitative estimate of drug-likeness (QED) is 0.535. The van der Waals surface area contributed by atoms with E-state index in [2.05, 4.69) is 17.2 Å². The average molecular weight is 314 g/mol. The Kier molecular flexibility index (Phi) is 6.02. The molecule has 0 fully saturated rings. The molecule has 2 rings (SSSR count). The van der Waals surface area contributed by atoms with Crippen LogP contribution in [0, 0.1) is 11.8 Å². The van der Waals surface area contributed by atoms with Gasteiger partial charge in [-0.2, -0.15) is 0 Å². The van der Waals surface area contributed by atoms with E-state index >= 15 is 0 Å². The molecule has 0 amide bonds. The predicted molar refractivity (Wildman–Crippen MR) is 88.1 cm³/mol. The Bertz CT molecular complexity index is 682. The number of halogens is 1. The van der Waals surface area contributed by atoms with Gasteiger partial charge in [-0.15, -0.1) is 0 Å². The minimum atomic E-state index is -0.326. The molecule has 0 saturated heterocycles. The number of benzene rings is 2. The van der Waals surface area contributed by atoms with Gasteiger partial charge >= 0.3 is 5.97 Å². The first kappa shape index (κ1) is 16.1. The van der Waals surface area contributed by atoms with Crippen molar-refractivity contribution in [3.05, 3.63) is 70.2 Å². The minimum Gasteiger partial charge on any atom is -0.461 e. The molecule has 0 bridgehead atoms. The van der Waals surface area contributed by atoms with E-state index in [1.54, 1.807) is 36.4 Å². The molecule has 0 radical (unpaired) electrons. The lowest BCUT2D eigenvalue weighted by Crippen LogP contribution is -2.17. The summed E-state index contributed by atoms with van der Waals surface area (Å²) in [7, 11) is 1.81. The molecule has 0 atom stereocenters. The number of carbonyl (C=O) groups excluding carboxylic acids is 1. The third-order valence-electron chi connectivity index (χ3n) is 2.90. The SMILES string of the molecule is CNCCOC(=O)c1ccc(C#Cc2ccc(Cl)cc2)cc1. The van der Waals surface area contributed by atoms with Gasteiger partial charge in [0.15, 0.2) is 0 Å². The highest BCUT2D eigenvalue weighted by molar-refractivity contribution is 6.30. The number of rotatable bonds is 4. The van der Waals surface area contributed by atoms with Crippen LogP contribution in [0.3, 0.4) is 0 Å². The first-order valence-corrected chi connectivity index (χ1v) is 7.26. The Morgan fingerprint density at radius 2 is 1.59 bits per heavy atom. The van der Waals surface area contributed by atoms with Gasteiger partial charge in [-0.25, -0.2) is 4.79 Å². The third-order valence-corrected chi connectivity index (χ3v) is 3.15. The number of hydrogen-bond acceptors (Lipinski definition) is 3. The lowest BCUT2D eigenvalue weighted by molar-refractivity contribution is 0.0510. The zero-order valence-corrected chi connectivity index (χ0v) is 13.0. The topological polar surface area (TPSA) is 38.3 Å². The van der Waals surface area contributed by atoms with Crippen molar-refractivity contribution in [2.75, 3.05) is 20.2 Å². The van der Waals surface area contributed by atoms with E-state index < -0.39 is 0 Å². The van der Waals surface area contributed by atoms with E-state index in [-0.39, 0.29) is 5.97 Å². The summed E-state index contributed by atoms with van der Waals surface area (Å²) in [6, 6.07) is 14.4. The van der Waals surface area contributed by atoms with E-state index in [9.17, 15) is 4.79 Å². The Hall–Kier alpha value is -2.28. The van der Waals surface area contributed by atoms with Crippen LogP contribution in [-0.2, 0) is 4.74 Å². The van der Waals surface area contributed by atoms with E-state index in [1.165, 1.54) is 0 Å². The van der Waals surface area contributed by atoms with Crippen LogP contribution in [-0.4, -0.2) is 26.2 Å². The molecular formula is C18H16ClNO2. The van der Waals surface area contributed by atoms with Crippen molar-refractivity contribution >= 4 is 17.6 Å².